The number of rotatable bonds is 7. The highest BCUT2D eigenvalue weighted by Gasteiger charge is 2.22. The number of nitro groups is 1. The van der Waals surface area contributed by atoms with Crippen molar-refractivity contribution in [1.82, 2.24) is 19.6 Å². The van der Waals surface area contributed by atoms with Crippen LogP contribution in [0.3, 0.4) is 0 Å². The van der Waals surface area contributed by atoms with E-state index in [0.717, 1.165) is 5.56 Å². The molecule has 1 unspecified atom stereocenters. The van der Waals surface area contributed by atoms with Crippen LogP contribution in [0.1, 0.15) is 18.2 Å². The molecule has 0 saturated heterocycles. The predicted octanol–water partition coefficient (Wildman–Crippen LogP) is 4.69. The van der Waals surface area contributed by atoms with Crippen LogP contribution in [-0.2, 0) is 17.9 Å². The number of carbonyl (C=O) groups excluding carboxylic acids is 1. The van der Waals surface area contributed by atoms with Gasteiger partial charge in [0.25, 0.3) is 0 Å². The third-order valence-electron chi connectivity index (χ3n) is 4.36. The monoisotopic (exact) mass is 514 g/mol. The van der Waals surface area contributed by atoms with Crippen LogP contribution in [0.25, 0.3) is 0 Å². The summed E-state index contributed by atoms with van der Waals surface area (Å²) in [7, 11) is 0. The molecule has 1 aromatic carbocycles. The van der Waals surface area contributed by atoms with E-state index in [2.05, 4.69) is 31.4 Å². The summed E-state index contributed by atoms with van der Waals surface area (Å²) >= 11 is 15.5. The van der Waals surface area contributed by atoms with Crippen molar-refractivity contribution in [2.24, 2.45) is 5.92 Å². The molecule has 2 heterocycles. The fourth-order valence-electron chi connectivity index (χ4n) is 2.74. The van der Waals surface area contributed by atoms with Gasteiger partial charge < -0.3 is 15.4 Å². The number of aryl methyl sites for hydroxylation is 1. The number of amides is 1. The van der Waals surface area contributed by atoms with Gasteiger partial charge in [-0.3, -0.25) is 9.48 Å². The highest BCUT2D eigenvalue weighted by atomic mass is 79.9. The molecular formula is C18H17BrCl2N6O3. The molecule has 1 N–H and O–H groups in total. The maximum atomic E-state index is 12.6. The molecule has 9 nitrogen and oxygen atoms in total. The SMILES string of the molecule is Cc1cc([N+](=O)[O-])nn1CC(C)C(=O)Nc1nn(Cc2ccc(Cl)cc2Cl)cc1Br. The van der Waals surface area contributed by atoms with Gasteiger partial charge in [0, 0.05) is 16.2 Å². The van der Waals surface area contributed by atoms with Crippen molar-refractivity contribution < 1.29 is 9.72 Å². The highest BCUT2D eigenvalue weighted by molar-refractivity contribution is 9.10. The normalized spacial score (nSPS) is 12.0. The molecule has 0 spiro atoms. The van der Waals surface area contributed by atoms with Gasteiger partial charge in [0.1, 0.15) is 0 Å². The maximum absolute atomic E-state index is 12.6. The molecule has 2 aromatic heterocycles. The Bertz CT molecular complexity index is 1110. The van der Waals surface area contributed by atoms with Gasteiger partial charge in [0.05, 0.1) is 40.3 Å². The Balaban J connectivity index is 1.67. The molecule has 3 rings (SSSR count). The lowest BCUT2D eigenvalue weighted by Crippen LogP contribution is -2.25. The average Bonchev–Trinajstić information content (AvgIpc) is 3.20. The van der Waals surface area contributed by atoms with Crippen LogP contribution < -0.4 is 5.32 Å². The van der Waals surface area contributed by atoms with Gasteiger partial charge in [-0.15, -0.1) is 0 Å². The number of nitrogens with zero attached hydrogens (tertiary/aromatic N) is 5. The first-order valence-corrected chi connectivity index (χ1v) is 10.4. The second-order valence-electron chi connectivity index (χ2n) is 6.73. The molecule has 0 fully saturated rings. The van der Waals surface area contributed by atoms with E-state index in [9.17, 15) is 14.9 Å². The molecule has 1 atom stereocenters. The van der Waals surface area contributed by atoms with E-state index in [0.29, 0.717) is 32.6 Å². The standard InChI is InChI=1S/C18H17BrCl2N6O3/c1-10(7-26-11(2)5-16(23-26)27(29)30)18(28)22-17-14(19)9-25(24-17)8-12-3-4-13(20)6-15(12)21/h3-6,9-10H,7-8H2,1-2H3,(H,22,24,28). The minimum Gasteiger partial charge on any atom is -0.358 e. The van der Waals surface area contributed by atoms with Crippen LogP contribution in [0.5, 0.6) is 0 Å². The molecule has 0 radical (unpaired) electrons. The number of benzene rings is 1. The zero-order chi connectivity index (χ0) is 22.0. The number of halogens is 3. The van der Waals surface area contributed by atoms with Crippen molar-refractivity contribution in [2.75, 3.05) is 5.32 Å². The van der Waals surface area contributed by atoms with Crippen molar-refractivity contribution in [2.45, 2.75) is 26.9 Å². The Morgan fingerprint density at radius 1 is 1.33 bits per heavy atom. The third kappa shape index (κ3) is 5.18. The molecule has 3 aromatic rings. The zero-order valence-electron chi connectivity index (χ0n) is 16.0. The summed E-state index contributed by atoms with van der Waals surface area (Å²) in [5.74, 6) is -0.670. The minimum atomic E-state index is -0.565. The van der Waals surface area contributed by atoms with E-state index < -0.39 is 10.8 Å². The third-order valence-corrected chi connectivity index (χ3v) is 5.52. The Morgan fingerprint density at radius 2 is 2.07 bits per heavy atom. The van der Waals surface area contributed by atoms with Gasteiger partial charge in [-0.1, -0.05) is 36.2 Å². The maximum Gasteiger partial charge on any atom is 0.390 e. The zero-order valence-corrected chi connectivity index (χ0v) is 19.1. The number of hydrogen-bond donors (Lipinski definition) is 1. The first kappa shape index (κ1) is 22.3. The number of nitrogens with one attached hydrogen (secondary N) is 1. The van der Waals surface area contributed by atoms with Gasteiger partial charge >= 0.3 is 5.82 Å². The summed E-state index contributed by atoms with van der Waals surface area (Å²) < 4.78 is 3.69. The van der Waals surface area contributed by atoms with Crippen LogP contribution in [0.2, 0.25) is 10.0 Å². The second kappa shape index (κ2) is 9.15. The van der Waals surface area contributed by atoms with Crippen LogP contribution in [0.15, 0.2) is 34.9 Å². The van der Waals surface area contributed by atoms with Gasteiger partial charge in [-0.25, -0.2) is 0 Å². The largest absolute Gasteiger partial charge is 0.390 e. The Kier molecular flexibility index (Phi) is 6.79. The fourth-order valence-corrected chi connectivity index (χ4v) is 3.62. The van der Waals surface area contributed by atoms with E-state index in [1.54, 1.807) is 36.9 Å². The van der Waals surface area contributed by atoms with E-state index in [1.807, 2.05) is 6.07 Å². The van der Waals surface area contributed by atoms with Crippen molar-refractivity contribution in [1.29, 1.82) is 0 Å². The van der Waals surface area contributed by atoms with E-state index in [-0.39, 0.29) is 18.3 Å². The molecular weight excluding hydrogens is 499 g/mol. The molecule has 12 heteroatoms. The van der Waals surface area contributed by atoms with Crippen LogP contribution in [0.4, 0.5) is 11.6 Å². The van der Waals surface area contributed by atoms with Crippen molar-refractivity contribution in [3.05, 3.63) is 66.4 Å². The quantitative estimate of drug-likeness (QED) is 0.362. The average molecular weight is 516 g/mol. The predicted molar refractivity (Wildman–Crippen MR) is 117 cm³/mol. The Hall–Kier alpha value is -2.43. The van der Waals surface area contributed by atoms with Gasteiger partial charge in [-0.05, 0) is 45.5 Å². The summed E-state index contributed by atoms with van der Waals surface area (Å²) in [5, 5.41) is 23.0. The molecule has 0 aliphatic carbocycles. The highest BCUT2D eigenvalue weighted by Crippen LogP contribution is 2.25. The van der Waals surface area contributed by atoms with Crippen molar-refractivity contribution in [3.8, 4) is 0 Å². The van der Waals surface area contributed by atoms with Crippen molar-refractivity contribution >= 4 is 56.7 Å². The summed E-state index contributed by atoms with van der Waals surface area (Å²) in [6.07, 6.45) is 1.73. The van der Waals surface area contributed by atoms with Crippen LogP contribution in [-0.4, -0.2) is 30.4 Å². The smallest absolute Gasteiger partial charge is 0.358 e. The Morgan fingerprint density at radius 3 is 2.70 bits per heavy atom. The molecule has 0 bridgehead atoms. The molecule has 0 aliphatic heterocycles. The molecule has 30 heavy (non-hydrogen) atoms. The first-order chi connectivity index (χ1) is 14.1. The number of aromatic nitrogens is 4. The van der Waals surface area contributed by atoms with E-state index >= 15 is 0 Å². The number of anilines is 1. The summed E-state index contributed by atoms with van der Waals surface area (Å²) in [6.45, 7) is 4.01. The number of carbonyl (C=O) groups is 1. The van der Waals surface area contributed by atoms with Gasteiger partial charge in [-0.2, -0.15) is 9.78 Å². The van der Waals surface area contributed by atoms with Crippen molar-refractivity contribution in [3.63, 3.8) is 0 Å². The van der Waals surface area contributed by atoms with E-state index in [4.69, 9.17) is 23.2 Å². The molecule has 158 valence electrons. The summed E-state index contributed by atoms with van der Waals surface area (Å²) in [6, 6.07) is 6.58. The van der Waals surface area contributed by atoms with Gasteiger partial charge in [0.15, 0.2) is 5.82 Å². The minimum absolute atomic E-state index is 0.199. The summed E-state index contributed by atoms with van der Waals surface area (Å²) in [4.78, 5) is 22.9. The van der Waals surface area contributed by atoms with E-state index in [1.165, 1.54) is 10.7 Å². The Labute approximate surface area is 190 Å². The molecule has 0 saturated carbocycles. The topological polar surface area (TPSA) is 108 Å². The number of hydrogen-bond acceptors (Lipinski definition) is 5. The van der Waals surface area contributed by atoms with Crippen LogP contribution >= 0.6 is 39.1 Å². The van der Waals surface area contributed by atoms with Gasteiger partial charge in [0.2, 0.25) is 5.91 Å². The molecule has 0 aliphatic rings. The fraction of sp³-hybridized carbons (Fsp3) is 0.278. The second-order valence-corrected chi connectivity index (χ2v) is 8.43. The van der Waals surface area contributed by atoms with Crippen LogP contribution in [0, 0.1) is 23.0 Å². The molecule has 1 amide bonds. The lowest BCUT2D eigenvalue weighted by atomic mass is 10.1. The lowest BCUT2D eigenvalue weighted by Gasteiger charge is -2.10. The lowest BCUT2D eigenvalue weighted by molar-refractivity contribution is -0.389. The summed E-state index contributed by atoms with van der Waals surface area (Å²) in [5.41, 5.74) is 1.43. The first-order valence-electron chi connectivity index (χ1n) is 8.80.